The zero-order chi connectivity index (χ0) is 24.7. The number of hydrogen-bond donors (Lipinski definition) is 2. The number of methoxy groups -OCH3 is 2. The Hall–Kier alpha value is -4.08. The van der Waals surface area contributed by atoms with E-state index in [1.54, 1.807) is 43.7 Å². The van der Waals surface area contributed by atoms with Crippen LogP contribution in [0.3, 0.4) is 0 Å². The molecule has 2 N–H and O–H groups in total. The Morgan fingerprint density at radius 1 is 1.18 bits per heavy atom. The number of hydrogen-bond acceptors (Lipinski definition) is 8. The van der Waals surface area contributed by atoms with E-state index in [-0.39, 0.29) is 30.1 Å². The molecule has 1 aromatic carbocycles. The predicted molar refractivity (Wildman–Crippen MR) is 122 cm³/mol. The second-order valence-corrected chi connectivity index (χ2v) is 7.60. The molecule has 3 aromatic rings. The van der Waals surface area contributed by atoms with E-state index in [2.05, 4.69) is 14.7 Å². The lowest BCUT2D eigenvalue weighted by Crippen LogP contribution is -2.29. The number of para-hydroxylation sites is 1. The van der Waals surface area contributed by atoms with Crippen molar-refractivity contribution in [1.82, 2.24) is 14.5 Å². The van der Waals surface area contributed by atoms with Crippen LogP contribution in [-0.2, 0) is 32.0 Å². The van der Waals surface area contributed by atoms with E-state index in [0.717, 1.165) is 5.69 Å². The molecule has 1 unspecified atom stereocenters. The number of imidazole rings is 1. The normalized spacial score (nSPS) is 11.6. The Bertz CT molecular complexity index is 1200. The third kappa shape index (κ3) is 5.64. The van der Waals surface area contributed by atoms with Crippen molar-refractivity contribution >= 4 is 11.9 Å². The summed E-state index contributed by atoms with van der Waals surface area (Å²) in [5.74, 6) is -2.00. The highest BCUT2D eigenvalue weighted by atomic mass is 16.6. The highest BCUT2D eigenvalue weighted by molar-refractivity contribution is 5.72. The Morgan fingerprint density at radius 3 is 2.59 bits per heavy atom. The van der Waals surface area contributed by atoms with Crippen LogP contribution in [0.15, 0.2) is 47.7 Å². The van der Waals surface area contributed by atoms with Crippen LogP contribution in [0.25, 0.3) is 0 Å². The van der Waals surface area contributed by atoms with Crippen LogP contribution >= 0.6 is 0 Å². The highest BCUT2D eigenvalue weighted by Gasteiger charge is 2.29. The number of nitrogens with one attached hydrogen (secondary N) is 1. The summed E-state index contributed by atoms with van der Waals surface area (Å²) in [5.41, 5.74) is 1.47. The molecule has 0 amide bonds. The molecule has 10 nitrogen and oxygen atoms in total. The van der Waals surface area contributed by atoms with Crippen molar-refractivity contribution in [2.45, 2.75) is 32.2 Å². The third-order valence-electron chi connectivity index (χ3n) is 5.50. The zero-order valence-electron chi connectivity index (χ0n) is 19.2. The fourth-order valence-electron chi connectivity index (χ4n) is 3.74. The van der Waals surface area contributed by atoms with E-state index in [4.69, 9.17) is 9.47 Å². The average Bonchev–Trinajstić information content (AvgIpc) is 3.35. The number of nitrogens with zero attached hydrogens (tertiary/aromatic N) is 2. The lowest BCUT2D eigenvalue weighted by atomic mass is 9.87. The minimum atomic E-state index is -0.882. The quantitative estimate of drug-likeness (QED) is 0.431. The average molecular weight is 469 g/mol. The van der Waals surface area contributed by atoms with E-state index < -0.39 is 23.4 Å². The molecule has 3 rings (SSSR count). The second kappa shape index (κ2) is 11.2. The number of rotatable bonds is 10. The number of aryl methyl sites for hydroxylation is 2. The van der Waals surface area contributed by atoms with Crippen LogP contribution in [-0.4, -0.2) is 52.4 Å². The van der Waals surface area contributed by atoms with Gasteiger partial charge in [-0.15, -0.1) is 0 Å². The van der Waals surface area contributed by atoms with Crippen LogP contribution in [0, 0.1) is 6.92 Å². The largest absolute Gasteiger partial charge is 0.507 e. The van der Waals surface area contributed by atoms with Crippen LogP contribution < -0.4 is 10.3 Å². The Balaban J connectivity index is 2.08. The summed E-state index contributed by atoms with van der Waals surface area (Å²) in [5, 5.41) is 10.8. The van der Waals surface area contributed by atoms with Crippen LogP contribution in [0.4, 0.5) is 0 Å². The van der Waals surface area contributed by atoms with Gasteiger partial charge >= 0.3 is 11.9 Å². The molecule has 0 fully saturated rings. The van der Waals surface area contributed by atoms with Gasteiger partial charge in [0.1, 0.15) is 11.5 Å². The molecule has 0 spiro atoms. The molecule has 0 aliphatic heterocycles. The van der Waals surface area contributed by atoms with Gasteiger partial charge in [0, 0.05) is 42.0 Å². The van der Waals surface area contributed by atoms with Gasteiger partial charge in [0.05, 0.1) is 32.5 Å². The van der Waals surface area contributed by atoms with Crippen molar-refractivity contribution in [3.8, 4) is 11.5 Å². The molecular weight excluding hydrogens is 442 g/mol. The standard InChI is InChI=1S/C24H27N3O7/c1-15-10-19(28)23(24(31)27(15)9-8-16-12-25-14-26-16)18(11-21(29)32-2)17-6-4-5-7-20(17)34-13-22(30)33-3/h4-7,10,12,14,18,28H,8-9,11,13H2,1-3H3,(H,25,26). The molecule has 2 heterocycles. The maximum atomic E-state index is 13.6. The minimum absolute atomic E-state index is 0.0368. The molecular formula is C24H27N3O7. The van der Waals surface area contributed by atoms with Gasteiger partial charge in [-0.2, -0.15) is 0 Å². The van der Waals surface area contributed by atoms with E-state index in [1.165, 1.54) is 24.9 Å². The number of pyridine rings is 1. The molecule has 0 aliphatic carbocycles. The van der Waals surface area contributed by atoms with E-state index in [1.807, 2.05) is 0 Å². The van der Waals surface area contributed by atoms with Gasteiger partial charge in [0.25, 0.3) is 5.56 Å². The van der Waals surface area contributed by atoms with Gasteiger partial charge < -0.3 is 28.9 Å². The number of carbonyl (C=O) groups excluding carboxylic acids is 2. The van der Waals surface area contributed by atoms with Gasteiger partial charge in [-0.25, -0.2) is 9.78 Å². The Morgan fingerprint density at radius 2 is 1.91 bits per heavy atom. The first-order valence-corrected chi connectivity index (χ1v) is 10.6. The van der Waals surface area contributed by atoms with Crippen molar-refractivity contribution in [2.24, 2.45) is 0 Å². The number of aromatic nitrogens is 3. The first-order valence-electron chi connectivity index (χ1n) is 10.6. The molecule has 0 radical (unpaired) electrons. The molecule has 34 heavy (non-hydrogen) atoms. The van der Waals surface area contributed by atoms with E-state index in [9.17, 15) is 19.5 Å². The second-order valence-electron chi connectivity index (χ2n) is 7.60. The number of aromatic amines is 1. The van der Waals surface area contributed by atoms with Crippen LogP contribution in [0.2, 0.25) is 0 Å². The molecule has 1 atom stereocenters. The number of benzene rings is 1. The highest BCUT2D eigenvalue weighted by Crippen LogP contribution is 2.37. The van der Waals surface area contributed by atoms with Crippen molar-refractivity contribution in [2.75, 3.05) is 20.8 Å². The minimum Gasteiger partial charge on any atom is -0.507 e. The summed E-state index contributed by atoms with van der Waals surface area (Å²) in [6, 6.07) is 8.19. The summed E-state index contributed by atoms with van der Waals surface area (Å²) in [7, 11) is 2.49. The van der Waals surface area contributed by atoms with Gasteiger partial charge in [0.2, 0.25) is 0 Å². The van der Waals surface area contributed by atoms with Gasteiger partial charge in [0.15, 0.2) is 6.61 Å². The van der Waals surface area contributed by atoms with Gasteiger partial charge in [-0.1, -0.05) is 18.2 Å². The zero-order valence-corrected chi connectivity index (χ0v) is 19.2. The van der Waals surface area contributed by atoms with Crippen LogP contribution in [0.1, 0.15) is 34.9 Å². The maximum Gasteiger partial charge on any atom is 0.343 e. The first-order chi connectivity index (χ1) is 16.3. The summed E-state index contributed by atoms with van der Waals surface area (Å²) in [4.78, 5) is 44.5. The molecule has 10 heteroatoms. The van der Waals surface area contributed by atoms with Crippen molar-refractivity contribution in [3.05, 3.63) is 75.7 Å². The fraction of sp³-hybridized carbons (Fsp3) is 0.333. The third-order valence-corrected chi connectivity index (χ3v) is 5.50. The number of H-pyrrole nitrogens is 1. The summed E-state index contributed by atoms with van der Waals surface area (Å²) < 4.78 is 16.6. The topological polar surface area (TPSA) is 133 Å². The Kier molecular flexibility index (Phi) is 8.07. The molecule has 0 saturated heterocycles. The van der Waals surface area contributed by atoms with Crippen LogP contribution in [0.5, 0.6) is 11.5 Å². The molecule has 180 valence electrons. The number of ether oxygens (including phenoxy) is 3. The summed E-state index contributed by atoms with van der Waals surface area (Å²) in [6.07, 6.45) is 3.54. The van der Waals surface area contributed by atoms with Crippen molar-refractivity contribution < 1.29 is 28.9 Å². The Labute approximate surface area is 196 Å². The van der Waals surface area contributed by atoms with Gasteiger partial charge in [-0.05, 0) is 19.1 Å². The molecule has 0 bridgehead atoms. The smallest absolute Gasteiger partial charge is 0.343 e. The SMILES string of the molecule is COC(=O)COc1ccccc1C(CC(=O)OC)c1c(O)cc(C)n(CCc2cnc[nH]2)c1=O. The summed E-state index contributed by atoms with van der Waals surface area (Å²) in [6.45, 7) is 1.71. The molecule has 2 aromatic heterocycles. The first kappa shape index (κ1) is 24.6. The summed E-state index contributed by atoms with van der Waals surface area (Å²) >= 11 is 0. The number of esters is 2. The van der Waals surface area contributed by atoms with Gasteiger partial charge in [-0.3, -0.25) is 9.59 Å². The molecule has 0 aliphatic rings. The lowest BCUT2D eigenvalue weighted by molar-refractivity contribution is -0.143. The van der Waals surface area contributed by atoms with E-state index >= 15 is 0 Å². The predicted octanol–water partition coefficient (Wildman–Crippen LogP) is 2.07. The van der Waals surface area contributed by atoms with Crippen molar-refractivity contribution in [3.63, 3.8) is 0 Å². The maximum absolute atomic E-state index is 13.6. The number of aromatic hydroxyl groups is 1. The fourth-order valence-corrected chi connectivity index (χ4v) is 3.74. The monoisotopic (exact) mass is 469 g/mol. The van der Waals surface area contributed by atoms with E-state index in [0.29, 0.717) is 24.2 Å². The number of carbonyl (C=O) groups is 2. The molecule has 0 saturated carbocycles. The van der Waals surface area contributed by atoms with Crippen molar-refractivity contribution in [1.29, 1.82) is 0 Å². The lowest BCUT2D eigenvalue weighted by Gasteiger charge is -2.22.